The lowest BCUT2D eigenvalue weighted by Gasteiger charge is -2.08. The molecule has 0 radical (unpaired) electrons. The Morgan fingerprint density at radius 2 is 2.00 bits per heavy atom. The molecule has 0 aliphatic carbocycles. The molecule has 0 saturated carbocycles. The maximum Gasteiger partial charge on any atom is 0.154 e. The fourth-order valence-corrected chi connectivity index (χ4v) is 3.03. The van der Waals surface area contributed by atoms with Gasteiger partial charge in [-0.05, 0) is 6.42 Å². The average Bonchev–Trinajstić information content (AvgIpc) is 2.32. The van der Waals surface area contributed by atoms with Crippen LogP contribution in [0.5, 0.6) is 0 Å². The van der Waals surface area contributed by atoms with Crippen molar-refractivity contribution in [1.82, 2.24) is 0 Å². The Hall–Kier alpha value is -0.980. The average molecular weight is 275 g/mol. The van der Waals surface area contributed by atoms with E-state index in [0.29, 0.717) is 18.6 Å². The molecule has 4 nitrogen and oxygen atoms in total. The number of ether oxygens (including phenoxy) is 1. The van der Waals surface area contributed by atoms with Crippen molar-refractivity contribution in [2.24, 2.45) is 5.73 Å². The van der Waals surface area contributed by atoms with Gasteiger partial charge in [-0.25, -0.2) is 12.8 Å². The number of methoxy groups -OCH3 is 1. The minimum Gasteiger partial charge on any atom is -0.385 e. The van der Waals surface area contributed by atoms with Gasteiger partial charge in [0.2, 0.25) is 0 Å². The van der Waals surface area contributed by atoms with Crippen LogP contribution in [-0.2, 0) is 26.9 Å². The van der Waals surface area contributed by atoms with Gasteiger partial charge in [-0.1, -0.05) is 18.2 Å². The molecule has 0 amide bonds. The third kappa shape index (κ3) is 4.36. The zero-order chi connectivity index (χ0) is 13.6. The topological polar surface area (TPSA) is 69.4 Å². The highest BCUT2D eigenvalue weighted by Crippen LogP contribution is 2.16. The third-order valence-corrected chi connectivity index (χ3v) is 4.22. The summed E-state index contributed by atoms with van der Waals surface area (Å²) in [6.45, 7) is 0.438. The molecule has 1 aromatic rings. The molecule has 0 aliphatic rings. The van der Waals surface area contributed by atoms with Crippen LogP contribution < -0.4 is 5.73 Å². The van der Waals surface area contributed by atoms with Crippen molar-refractivity contribution in [2.45, 2.75) is 18.7 Å². The van der Waals surface area contributed by atoms with Crippen LogP contribution in [0.3, 0.4) is 0 Å². The molecule has 18 heavy (non-hydrogen) atoms. The first-order valence-corrected chi connectivity index (χ1v) is 7.48. The van der Waals surface area contributed by atoms with E-state index in [9.17, 15) is 12.8 Å². The molecule has 102 valence electrons. The third-order valence-electron chi connectivity index (χ3n) is 2.56. The maximum absolute atomic E-state index is 13.8. The quantitative estimate of drug-likeness (QED) is 0.760. The minimum absolute atomic E-state index is 0.00681. The fourth-order valence-electron chi connectivity index (χ4n) is 1.63. The first-order chi connectivity index (χ1) is 8.50. The highest BCUT2D eigenvalue weighted by atomic mass is 32.2. The van der Waals surface area contributed by atoms with Gasteiger partial charge in [-0.2, -0.15) is 0 Å². The van der Waals surface area contributed by atoms with Crippen molar-refractivity contribution in [1.29, 1.82) is 0 Å². The van der Waals surface area contributed by atoms with E-state index in [1.165, 1.54) is 13.2 Å². The Bertz CT molecular complexity index is 488. The van der Waals surface area contributed by atoms with E-state index in [2.05, 4.69) is 0 Å². The first-order valence-electron chi connectivity index (χ1n) is 5.66. The molecular weight excluding hydrogens is 257 g/mol. The van der Waals surface area contributed by atoms with Crippen LogP contribution in [0.15, 0.2) is 18.2 Å². The summed E-state index contributed by atoms with van der Waals surface area (Å²) in [6, 6.07) is 4.64. The van der Waals surface area contributed by atoms with Crippen LogP contribution >= 0.6 is 0 Å². The number of rotatable bonds is 7. The molecule has 0 saturated heterocycles. The summed E-state index contributed by atoms with van der Waals surface area (Å²) in [4.78, 5) is 0. The second-order valence-electron chi connectivity index (χ2n) is 4.03. The van der Waals surface area contributed by atoms with Crippen LogP contribution in [0.4, 0.5) is 4.39 Å². The Morgan fingerprint density at radius 3 is 2.61 bits per heavy atom. The molecule has 0 atom stereocenters. The normalized spacial score (nSPS) is 11.7. The molecule has 0 aliphatic heterocycles. The Kier molecular flexibility index (Phi) is 5.71. The predicted molar refractivity (Wildman–Crippen MR) is 68.3 cm³/mol. The Balaban J connectivity index is 2.78. The second kappa shape index (κ2) is 6.82. The van der Waals surface area contributed by atoms with E-state index in [1.807, 2.05) is 0 Å². The van der Waals surface area contributed by atoms with E-state index in [0.717, 1.165) is 0 Å². The van der Waals surface area contributed by atoms with Crippen molar-refractivity contribution in [3.8, 4) is 0 Å². The lowest BCUT2D eigenvalue weighted by molar-refractivity contribution is 0.199. The maximum atomic E-state index is 13.8. The van der Waals surface area contributed by atoms with Crippen LogP contribution in [0.2, 0.25) is 0 Å². The molecule has 0 spiro atoms. The molecule has 0 bridgehead atoms. The first kappa shape index (κ1) is 15.1. The molecular formula is C12H18FNO3S. The zero-order valence-corrected chi connectivity index (χ0v) is 11.2. The van der Waals surface area contributed by atoms with Gasteiger partial charge in [0.25, 0.3) is 0 Å². The van der Waals surface area contributed by atoms with Gasteiger partial charge in [-0.15, -0.1) is 0 Å². The van der Waals surface area contributed by atoms with E-state index < -0.39 is 15.7 Å². The highest BCUT2D eigenvalue weighted by Gasteiger charge is 2.16. The minimum atomic E-state index is -3.32. The summed E-state index contributed by atoms with van der Waals surface area (Å²) >= 11 is 0. The SMILES string of the molecule is COCCCS(=O)(=O)Cc1cccc(CN)c1F. The van der Waals surface area contributed by atoms with Gasteiger partial charge in [0.15, 0.2) is 9.84 Å². The van der Waals surface area contributed by atoms with Gasteiger partial charge in [0, 0.05) is 31.4 Å². The van der Waals surface area contributed by atoms with Gasteiger partial charge >= 0.3 is 0 Å². The number of hydrogen-bond acceptors (Lipinski definition) is 4. The van der Waals surface area contributed by atoms with Crippen LogP contribution in [-0.4, -0.2) is 27.9 Å². The number of benzene rings is 1. The number of halogens is 1. The van der Waals surface area contributed by atoms with Crippen LogP contribution in [0, 0.1) is 5.82 Å². The number of hydrogen-bond donors (Lipinski definition) is 1. The van der Waals surface area contributed by atoms with Crippen molar-refractivity contribution < 1.29 is 17.5 Å². The monoisotopic (exact) mass is 275 g/mol. The largest absolute Gasteiger partial charge is 0.385 e. The second-order valence-corrected chi connectivity index (χ2v) is 6.22. The van der Waals surface area contributed by atoms with E-state index in [-0.39, 0.29) is 23.6 Å². The predicted octanol–water partition coefficient (Wildman–Crippen LogP) is 1.24. The fraction of sp³-hybridized carbons (Fsp3) is 0.500. The molecule has 1 rings (SSSR count). The summed E-state index contributed by atoms with van der Waals surface area (Å²) in [6.07, 6.45) is 0.414. The summed E-state index contributed by atoms with van der Waals surface area (Å²) in [5.41, 5.74) is 5.88. The molecule has 2 N–H and O–H groups in total. The van der Waals surface area contributed by atoms with Gasteiger partial charge in [0.05, 0.1) is 11.5 Å². The van der Waals surface area contributed by atoms with E-state index >= 15 is 0 Å². The lowest BCUT2D eigenvalue weighted by Crippen LogP contribution is -2.13. The van der Waals surface area contributed by atoms with Crippen molar-refractivity contribution in [3.05, 3.63) is 35.1 Å². The number of sulfone groups is 1. The van der Waals surface area contributed by atoms with E-state index in [1.54, 1.807) is 12.1 Å². The summed E-state index contributed by atoms with van der Waals surface area (Å²) in [7, 11) is -1.80. The summed E-state index contributed by atoms with van der Waals surface area (Å²) in [5.74, 6) is -0.820. The van der Waals surface area contributed by atoms with Gasteiger partial charge in [-0.3, -0.25) is 0 Å². The smallest absolute Gasteiger partial charge is 0.154 e. The van der Waals surface area contributed by atoms with Crippen molar-refractivity contribution >= 4 is 9.84 Å². The van der Waals surface area contributed by atoms with E-state index in [4.69, 9.17) is 10.5 Å². The summed E-state index contributed by atoms with van der Waals surface area (Å²) < 4.78 is 42.2. The molecule has 0 heterocycles. The Labute approximate surface area is 107 Å². The van der Waals surface area contributed by atoms with Crippen molar-refractivity contribution in [3.63, 3.8) is 0 Å². The molecule has 0 aromatic heterocycles. The van der Waals surface area contributed by atoms with Crippen molar-refractivity contribution in [2.75, 3.05) is 19.5 Å². The van der Waals surface area contributed by atoms with Gasteiger partial charge < -0.3 is 10.5 Å². The zero-order valence-electron chi connectivity index (χ0n) is 10.4. The van der Waals surface area contributed by atoms with Gasteiger partial charge in [0.1, 0.15) is 5.82 Å². The number of nitrogens with two attached hydrogens (primary N) is 1. The van der Waals surface area contributed by atoms with Crippen LogP contribution in [0.25, 0.3) is 0 Å². The molecule has 0 fully saturated rings. The molecule has 1 aromatic carbocycles. The van der Waals surface area contributed by atoms with Crippen LogP contribution in [0.1, 0.15) is 17.5 Å². The molecule has 6 heteroatoms. The highest BCUT2D eigenvalue weighted by molar-refractivity contribution is 7.90. The summed E-state index contributed by atoms with van der Waals surface area (Å²) in [5, 5.41) is 0. The lowest BCUT2D eigenvalue weighted by atomic mass is 10.1. The standard InChI is InChI=1S/C12H18FNO3S/c1-17-6-3-7-18(15,16)9-11-5-2-4-10(8-14)12(11)13/h2,4-5H,3,6-9,14H2,1H3. The molecule has 0 unspecified atom stereocenters. The Morgan fingerprint density at radius 1 is 1.33 bits per heavy atom.